The number of rotatable bonds is 6. The Kier molecular flexibility index (Phi) is 5.78. The lowest BCUT2D eigenvalue weighted by molar-refractivity contribution is 0.0955. The first kappa shape index (κ1) is 17.4. The van der Waals surface area contributed by atoms with E-state index in [1.165, 1.54) is 0 Å². The molecule has 0 aliphatic carbocycles. The Morgan fingerprint density at radius 3 is 2.42 bits per heavy atom. The highest BCUT2D eigenvalue weighted by Gasteiger charge is 2.04. The summed E-state index contributed by atoms with van der Waals surface area (Å²) in [6.07, 6.45) is 1.63. The first-order valence-electron chi connectivity index (χ1n) is 8.38. The zero-order chi connectivity index (χ0) is 18.2. The van der Waals surface area contributed by atoms with Crippen molar-refractivity contribution < 1.29 is 9.53 Å². The monoisotopic (exact) mass is 344 g/mol. The van der Waals surface area contributed by atoms with Crippen LogP contribution in [0.25, 0.3) is 0 Å². The smallest absolute Gasteiger partial charge is 0.271 e. The van der Waals surface area contributed by atoms with Gasteiger partial charge in [0.25, 0.3) is 5.91 Å². The number of carbonyl (C=O) groups excluding carboxylic acids is 1. The van der Waals surface area contributed by atoms with Crippen LogP contribution in [0.15, 0.2) is 84.0 Å². The van der Waals surface area contributed by atoms with Gasteiger partial charge < -0.3 is 4.74 Å². The molecular formula is C22H20N2O2. The molecule has 0 heterocycles. The molecule has 26 heavy (non-hydrogen) atoms. The first-order chi connectivity index (χ1) is 12.7. The number of hydrogen-bond acceptors (Lipinski definition) is 3. The third kappa shape index (κ3) is 4.80. The number of hydrazone groups is 1. The largest absolute Gasteiger partial charge is 0.489 e. The van der Waals surface area contributed by atoms with Crippen LogP contribution in [0.3, 0.4) is 0 Å². The number of nitrogens with zero attached hydrogens (tertiary/aromatic N) is 1. The zero-order valence-electron chi connectivity index (χ0n) is 14.6. The third-order valence-corrected chi connectivity index (χ3v) is 3.88. The molecule has 0 bridgehead atoms. The average Bonchev–Trinajstić information content (AvgIpc) is 2.68. The van der Waals surface area contributed by atoms with Gasteiger partial charge in [-0.05, 0) is 36.8 Å². The summed E-state index contributed by atoms with van der Waals surface area (Å²) < 4.78 is 5.79. The topological polar surface area (TPSA) is 50.7 Å². The maximum atomic E-state index is 12.1. The summed E-state index contributed by atoms with van der Waals surface area (Å²) in [6, 6.07) is 24.8. The minimum atomic E-state index is -0.237. The zero-order valence-corrected chi connectivity index (χ0v) is 14.6. The van der Waals surface area contributed by atoms with Gasteiger partial charge in [-0.1, -0.05) is 60.2 Å². The van der Waals surface area contributed by atoms with E-state index in [0.717, 1.165) is 22.4 Å². The first-order valence-corrected chi connectivity index (χ1v) is 8.38. The minimum absolute atomic E-state index is 0.237. The lowest BCUT2D eigenvalue weighted by Crippen LogP contribution is -2.17. The Balaban J connectivity index is 1.63. The fourth-order valence-corrected chi connectivity index (χ4v) is 2.40. The van der Waals surface area contributed by atoms with E-state index in [-0.39, 0.29) is 5.91 Å². The molecule has 0 aromatic heterocycles. The van der Waals surface area contributed by atoms with E-state index in [4.69, 9.17) is 4.74 Å². The van der Waals surface area contributed by atoms with Gasteiger partial charge in [0, 0.05) is 11.1 Å². The Bertz CT molecular complexity index is 888. The molecule has 1 N–H and O–H groups in total. The number of benzene rings is 3. The molecule has 4 nitrogen and oxygen atoms in total. The highest BCUT2D eigenvalue weighted by atomic mass is 16.5. The van der Waals surface area contributed by atoms with E-state index >= 15 is 0 Å². The summed E-state index contributed by atoms with van der Waals surface area (Å²) in [7, 11) is 0. The molecule has 3 aromatic carbocycles. The SMILES string of the molecule is Cc1ccc(C(=O)N/N=C\c2ccccc2COc2ccccc2)cc1. The van der Waals surface area contributed by atoms with Crippen molar-refractivity contribution in [1.82, 2.24) is 5.43 Å². The summed E-state index contributed by atoms with van der Waals surface area (Å²) in [4.78, 5) is 12.1. The van der Waals surface area contributed by atoms with Crippen molar-refractivity contribution in [2.24, 2.45) is 5.10 Å². The fraction of sp³-hybridized carbons (Fsp3) is 0.0909. The van der Waals surface area contributed by atoms with E-state index in [1.54, 1.807) is 18.3 Å². The number of hydrogen-bond donors (Lipinski definition) is 1. The molecular weight excluding hydrogens is 324 g/mol. The van der Waals surface area contributed by atoms with E-state index in [0.29, 0.717) is 12.2 Å². The van der Waals surface area contributed by atoms with Gasteiger partial charge in [-0.3, -0.25) is 4.79 Å². The van der Waals surface area contributed by atoms with Crippen LogP contribution >= 0.6 is 0 Å². The number of carbonyl (C=O) groups is 1. The van der Waals surface area contributed by atoms with Crippen molar-refractivity contribution in [3.05, 3.63) is 101 Å². The van der Waals surface area contributed by atoms with Crippen LogP contribution < -0.4 is 10.2 Å². The molecule has 130 valence electrons. The van der Waals surface area contributed by atoms with Crippen LogP contribution in [0.4, 0.5) is 0 Å². The number of aryl methyl sites for hydroxylation is 1. The van der Waals surface area contributed by atoms with E-state index in [9.17, 15) is 4.79 Å². The molecule has 0 saturated heterocycles. The molecule has 0 aliphatic heterocycles. The van der Waals surface area contributed by atoms with Crippen LogP contribution in [0.2, 0.25) is 0 Å². The van der Waals surface area contributed by atoms with Crippen molar-refractivity contribution in [3.63, 3.8) is 0 Å². The summed E-state index contributed by atoms with van der Waals surface area (Å²) >= 11 is 0. The second-order valence-corrected chi connectivity index (χ2v) is 5.87. The normalized spacial score (nSPS) is 10.7. The van der Waals surface area contributed by atoms with Gasteiger partial charge in [-0.25, -0.2) is 5.43 Å². The molecule has 1 amide bonds. The van der Waals surface area contributed by atoms with Gasteiger partial charge in [0.2, 0.25) is 0 Å². The molecule has 0 atom stereocenters. The van der Waals surface area contributed by atoms with Crippen LogP contribution in [-0.4, -0.2) is 12.1 Å². The highest BCUT2D eigenvalue weighted by Crippen LogP contribution is 2.13. The molecule has 4 heteroatoms. The van der Waals surface area contributed by atoms with Crippen LogP contribution in [0.1, 0.15) is 27.0 Å². The van der Waals surface area contributed by atoms with E-state index < -0.39 is 0 Å². The van der Waals surface area contributed by atoms with Gasteiger partial charge in [0.15, 0.2) is 0 Å². The van der Waals surface area contributed by atoms with Crippen molar-refractivity contribution in [1.29, 1.82) is 0 Å². The molecule has 0 aliphatic rings. The number of para-hydroxylation sites is 1. The lowest BCUT2D eigenvalue weighted by atomic mass is 10.1. The second kappa shape index (κ2) is 8.62. The van der Waals surface area contributed by atoms with Gasteiger partial charge in [0.05, 0.1) is 6.21 Å². The number of nitrogens with one attached hydrogen (secondary N) is 1. The van der Waals surface area contributed by atoms with Crippen molar-refractivity contribution in [3.8, 4) is 5.75 Å². The maximum Gasteiger partial charge on any atom is 0.271 e. The second-order valence-electron chi connectivity index (χ2n) is 5.87. The molecule has 0 fully saturated rings. The summed E-state index contributed by atoms with van der Waals surface area (Å²) in [6.45, 7) is 2.41. The van der Waals surface area contributed by atoms with E-state index in [1.807, 2.05) is 73.7 Å². The van der Waals surface area contributed by atoms with E-state index in [2.05, 4.69) is 10.5 Å². The standard InChI is InChI=1S/C22H20N2O2/c1-17-11-13-18(14-12-17)22(25)24-23-15-19-7-5-6-8-20(19)16-26-21-9-3-2-4-10-21/h2-15H,16H2,1H3,(H,24,25)/b23-15-. The lowest BCUT2D eigenvalue weighted by Gasteiger charge is -2.08. The molecule has 3 aromatic rings. The Labute approximate surface area is 153 Å². The van der Waals surface area contributed by atoms with Crippen LogP contribution in [-0.2, 0) is 6.61 Å². The number of amides is 1. The van der Waals surface area contributed by atoms with Crippen LogP contribution in [0, 0.1) is 6.92 Å². The summed E-state index contributed by atoms with van der Waals surface area (Å²) in [5, 5.41) is 4.08. The van der Waals surface area contributed by atoms with Crippen molar-refractivity contribution in [2.75, 3.05) is 0 Å². The molecule has 0 radical (unpaired) electrons. The van der Waals surface area contributed by atoms with Crippen LogP contribution in [0.5, 0.6) is 5.75 Å². The molecule has 0 spiro atoms. The molecule has 0 unspecified atom stereocenters. The van der Waals surface area contributed by atoms with Gasteiger partial charge in [-0.2, -0.15) is 5.10 Å². The minimum Gasteiger partial charge on any atom is -0.489 e. The van der Waals surface area contributed by atoms with Crippen molar-refractivity contribution >= 4 is 12.1 Å². The Hall–Kier alpha value is -3.40. The average molecular weight is 344 g/mol. The highest BCUT2D eigenvalue weighted by molar-refractivity contribution is 5.95. The fourth-order valence-electron chi connectivity index (χ4n) is 2.40. The predicted molar refractivity (Wildman–Crippen MR) is 103 cm³/mol. The third-order valence-electron chi connectivity index (χ3n) is 3.88. The van der Waals surface area contributed by atoms with Gasteiger partial charge in [-0.15, -0.1) is 0 Å². The Morgan fingerprint density at radius 1 is 0.962 bits per heavy atom. The molecule has 0 saturated carbocycles. The summed E-state index contributed by atoms with van der Waals surface area (Å²) in [5.41, 5.74) is 6.13. The Morgan fingerprint density at radius 2 is 1.65 bits per heavy atom. The number of ether oxygens (including phenoxy) is 1. The van der Waals surface area contributed by atoms with Gasteiger partial charge in [0.1, 0.15) is 12.4 Å². The van der Waals surface area contributed by atoms with Gasteiger partial charge >= 0.3 is 0 Å². The predicted octanol–water partition coefficient (Wildman–Crippen LogP) is 4.34. The van der Waals surface area contributed by atoms with Crippen molar-refractivity contribution in [2.45, 2.75) is 13.5 Å². The maximum absolute atomic E-state index is 12.1. The quantitative estimate of drug-likeness (QED) is 0.534. The molecule has 3 rings (SSSR count). The summed E-state index contributed by atoms with van der Waals surface area (Å²) in [5.74, 6) is 0.575.